The molecule has 1 saturated heterocycles. The number of hydrogen-bond acceptors (Lipinski definition) is 3. The molecule has 0 saturated carbocycles. The lowest BCUT2D eigenvalue weighted by atomic mass is 10.2. The number of nitrogens with one attached hydrogen (secondary N) is 1. The highest BCUT2D eigenvalue weighted by atomic mass is 79.9. The molecule has 1 aliphatic rings. The Morgan fingerprint density at radius 1 is 1.69 bits per heavy atom. The average Bonchev–Trinajstić information content (AvgIpc) is 2.75. The van der Waals surface area contributed by atoms with Gasteiger partial charge in [0.25, 0.3) is 0 Å². The molecule has 0 bridgehead atoms. The van der Waals surface area contributed by atoms with Gasteiger partial charge >= 0.3 is 0 Å². The highest BCUT2D eigenvalue weighted by Gasteiger charge is 2.23. The zero-order valence-electron chi connectivity index (χ0n) is 9.21. The molecular formula is C11H15BrClN3. The SMILES string of the molecule is CCN(c1ncc(Br)cc1Cl)C1CCNC1. The maximum absolute atomic E-state index is 6.23. The third-order valence-electron chi connectivity index (χ3n) is 2.88. The van der Waals surface area contributed by atoms with Gasteiger partial charge < -0.3 is 10.2 Å². The summed E-state index contributed by atoms with van der Waals surface area (Å²) in [5.41, 5.74) is 0. The van der Waals surface area contributed by atoms with Crippen LogP contribution in [-0.4, -0.2) is 30.7 Å². The Kier molecular flexibility index (Phi) is 4.05. The fraction of sp³-hybridized carbons (Fsp3) is 0.545. The molecule has 0 radical (unpaired) electrons. The molecule has 2 rings (SSSR count). The molecule has 1 aliphatic heterocycles. The largest absolute Gasteiger partial charge is 0.351 e. The van der Waals surface area contributed by atoms with E-state index in [1.807, 2.05) is 6.07 Å². The minimum Gasteiger partial charge on any atom is -0.351 e. The van der Waals surface area contributed by atoms with Gasteiger partial charge in [0.05, 0.1) is 5.02 Å². The highest BCUT2D eigenvalue weighted by Crippen LogP contribution is 2.28. The molecule has 1 aromatic heterocycles. The molecule has 0 aliphatic carbocycles. The van der Waals surface area contributed by atoms with Crippen LogP contribution in [0.3, 0.4) is 0 Å². The lowest BCUT2D eigenvalue weighted by Gasteiger charge is -2.28. The first-order valence-electron chi connectivity index (χ1n) is 5.50. The third kappa shape index (κ3) is 2.50. The summed E-state index contributed by atoms with van der Waals surface area (Å²) >= 11 is 9.60. The van der Waals surface area contributed by atoms with E-state index in [2.05, 4.69) is 38.1 Å². The number of likely N-dealkylation sites (N-methyl/N-ethyl adjacent to an activating group) is 1. The van der Waals surface area contributed by atoms with Gasteiger partial charge in [-0.3, -0.25) is 0 Å². The van der Waals surface area contributed by atoms with E-state index in [1.54, 1.807) is 6.20 Å². The predicted molar refractivity (Wildman–Crippen MR) is 71.2 cm³/mol. The van der Waals surface area contributed by atoms with Crippen molar-refractivity contribution in [2.45, 2.75) is 19.4 Å². The van der Waals surface area contributed by atoms with E-state index >= 15 is 0 Å². The molecule has 1 aromatic rings. The van der Waals surface area contributed by atoms with E-state index in [0.29, 0.717) is 11.1 Å². The maximum Gasteiger partial charge on any atom is 0.147 e. The standard InChI is InChI=1S/C11H15BrClN3/c1-2-16(9-3-4-14-7-9)11-10(13)5-8(12)6-15-11/h5-6,9,14H,2-4,7H2,1H3. The van der Waals surface area contributed by atoms with Crippen LogP contribution in [0.5, 0.6) is 0 Å². The van der Waals surface area contributed by atoms with E-state index in [0.717, 1.165) is 36.3 Å². The van der Waals surface area contributed by atoms with E-state index in [4.69, 9.17) is 11.6 Å². The molecule has 5 heteroatoms. The van der Waals surface area contributed by atoms with Crippen molar-refractivity contribution in [3.8, 4) is 0 Å². The Labute approximate surface area is 109 Å². The molecule has 1 fully saturated rings. The van der Waals surface area contributed by atoms with Crippen LogP contribution in [0.1, 0.15) is 13.3 Å². The van der Waals surface area contributed by atoms with Crippen LogP contribution in [0.25, 0.3) is 0 Å². The Bertz CT molecular complexity index is 366. The fourth-order valence-corrected chi connectivity index (χ4v) is 2.84. The summed E-state index contributed by atoms with van der Waals surface area (Å²) < 4.78 is 0.918. The minimum absolute atomic E-state index is 0.510. The Morgan fingerprint density at radius 2 is 2.50 bits per heavy atom. The van der Waals surface area contributed by atoms with Crippen molar-refractivity contribution in [2.24, 2.45) is 0 Å². The van der Waals surface area contributed by atoms with Gasteiger partial charge in [-0.1, -0.05) is 11.6 Å². The van der Waals surface area contributed by atoms with Crippen molar-refractivity contribution in [2.75, 3.05) is 24.5 Å². The second kappa shape index (κ2) is 5.34. The normalized spacial score (nSPS) is 20.1. The van der Waals surface area contributed by atoms with E-state index in [1.165, 1.54) is 0 Å². The van der Waals surface area contributed by atoms with E-state index in [-0.39, 0.29) is 0 Å². The summed E-state index contributed by atoms with van der Waals surface area (Å²) in [6.07, 6.45) is 2.95. The zero-order valence-corrected chi connectivity index (χ0v) is 11.6. The minimum atomic E-state index is 0.510. The molecule has 0 amide bonds. The Hall–Kier alpha value is -0.320. The van der Waals surface area contributed by atoms with E-state index < -0.39 is 0 Å². The van der Waals surface area contributed by atoms with Crippen molar-refractivity contribution in [3.63, 3.8) is 0 Å². The molecule has 0 spiro atoms. The Balaban J connectivity index is 2.25. The molecule has 88 valence electrons. The van der Waals surface area contributed by atoms with E-state index in [9.17, 15) is 0 Å². The van der Waals surface area contributed by atoms with Crippen molar-refractivity contribution in [1.29, 1.82) is 0 Å². The van der Waals surface area contributed by atoms with Gasteiger partial charge in [-0.15, -0.1) is 0 Å². The second-order valence-corrected chi connectivity index (χ2v) is 5.21. The summed E-state index contributed by atoms with van der Waals surface area (Å²) in [4.78, 5) is 6.69. The van der Waals surface area contributed by atoms with Crippen molar-refractivity contribution in [3.05, 3.63) is 21.8 Å². The monoisotopic (exact) mass is 303 g/mol. The first-order valence-corrected chi connectivity index (χ1v) is 6.68. The smallest absolute Gasteiger partial charge is 0.147 e. The van der Waals surface area contributed by atoms with Crippen LogP contribution >= 0.6 is 27.5 Å². The number of aromatic nitrogens is 1. The van der Waals surface area contributed by atoms with Crippen molar-refractivity contribution >= 4 is 33.3 Å². The van der Waals surface area contributed by atoms with Gasteiger partial charge in [0.2, 0.25) is 0 Å². The van der Waals surface area contributed by atoms with Crippen molar-refractivity contribution < 1.29 is 0 Å². The van der Waals surface area contributed by atoms with Gasteiger partial charge in [-0.25, -0.2) is 4.98 Å². The summed E-state index contributed by atoms with van der Waals surface area (Å²) in [6.45, 7) is 5.16. The zero-order chi connectivity index (χ0) is 11.5. The van der Waals surface area contributed by atoms with Gasteiger partial charge in [-0.2, -0.15) is 0 Å². The summed E-state index contributed by atoms with van der Waals surface area (Å²) in [5, 5.41) is 4.08. The summed E-state index contributed by atoms with van der Waals surface area (Å²) in [5.74, 6) is 0.890. The average molecular weight is 305 g/mol. The number of rotatable bonds is 3. The van der Waals surface area contributed by atoms with Crippen LogP contribution in [0.15, 0.2) is 16.7 Å². The first-order chi connectivity index (χ1) is 7.72. The lowest BCUT2D eigenvalue weighted by Crippen LogP contribution is -2.37. The van der Waals surface area contributed by atoms with Gasteiger partial charge in [0, 0.05) is 29.8 Å². The summed E-state index contributed by atoms with van der Waals surface area (Å²) in [6, 6.07) is 2.41. The van der Waals surface area contributed by atoms with Gasteiger partial charge in [0.1, 0.15) is 5.82 Å². The first kappa shape index (κ1) is 12.1. The van der Waals surface area contributed by atoms with Crippen LogP contribution in [0.2, 0.25) is 5.02 Å². The van der Waals surface area contributed by atoms with Crippen LogP contribution in [-0.2, 0) is 0 Å². The number of pyridine rings is 1. The topological polar surface area (TPSA) is 28.2 Å². The molecule has 3 nitrogen and oxygen atoms in total. The lowest BCUT2D eigenvalue weighted by molar-refractivity contribution is 0.640. The van der Waals surface area contributed by atoms with Gasteiger partial charge in [0.15, 0.2) is 0 Å². The summed E-state index contributed by atoms with van der Waals surface area (Å²) in [7, 11) is 0. The van der Waals surface area contributed by atoms with Crippen LogP contribution in [0, 0.1) is 0 Å². The number of anilines is 1. The maximum atomic E-state index is 6.23. The number of hydrogen-bond donors (Lipinski definition) is 1. The quantitative estimate of drug-likeness (QED) is 0.930. The highest BCUT2D eigenvalue weighted by molar-refractivity contribution is 9.10. The van der Waals surface area contributed by atoms with Crippen molar-refractivity contribution in [1.82, 2.24) is 10.3 Å². The predicted octanol–water partition coefficient (Wildman–Crippen LogP) is 2.69. The van der Waals surface area contributed by atoms with Crippen LogP contribution in [0.4, 0.5) is 5.82 Å². The molecule has 1 N–H and O–H groups in total. The molecule has 1 atom stereocenters. The molecule has 1 unspecified atom stereocenters. The third-order valence-corrected chi connectivity index (χ3v) is 3.59. The van der Waals surface area contributed by atoms with Gasteiger partial charge in [-0.05, 0) is 41.9 Å². The van der Waals surface area contributed by atoms with Crippen LogP contribution < -0.4 is 10.2 Å². The molecule has 16 heavy (non-hydrogen) atoms. The molecule has 0 aromatic carbocycles. The Morgan fingerprint density at radius 3 is 3.06 bits per heavy atom. The molecular weight excluding hydrogens is 289 g/mol. The molecule has 2 heterocycles. The number of halogens is 2. The fourth-order valence-electron chi connectivity index (χ4n) is 2.11. The second-order valence-electron chi connectivity index (χ2n) is 3.89. The number of nitrogens with zero attached hydrogens (tertiary/aromatic N) is 2.